The molecule has 19 heavy (non-hydrogen) atoms. The van der Waals surface area contributed by atoms with Crippen molar-refractivity contribution >= 4 is 17.0 Å². The number of methoxy groups -OCH3 is 1. The van der Waals surface area contributed by atoms with Crippen LogP contribution < -0.4 is 5.73 Å². The third-order valence-electron chi connectivity index (χ3n) is 3.43. The van der Waals surface area contributed by atoms with Gasteiger partial charge in [0.1, 0.15) is 18.1 Å². The molecule has 0 amide bonds. The highest BCUT2D eigenvalue weighted by molar-refractivity contribution is 5.81. The lowest BCUT2D eigenvalue weighted by Crippen LogP contribution is -2.35. The SMILES string of the molecule is CO[C@]1(CO)CC[C@@H](n2cnc3c(N)ncnc32)O1. The second-order valence-corrected chi connectivity index (χ2v) is 4.47. The molecule has 3 heterocycles. The van der Waals surface area contributed by atoms with Crippen LogP contribution in [0.2, 0.25) is 0 Å². The number of nitrogens with two attached hydrogens (primary N) is 1. The van der Waals surface area contributed by atoms with E-state index in [1.165, 1.54) is 13.4 Å². The van der Waals surface area contributed by atoms with Crippen LogP contribution in [0.4, 0.5) is 5.82 Å². The Morgan fingerprint density at radius 3 is 3.11 bits per heavy atom. The summed E-state index contributed by atoms with van der Waals surface area (Å²) in [5.74, 6) is -0.610. The largest absolute Gasteiger partial charge is 0.391 e. The Hall–Kier alpha value is -1.77. The molecule has 2 aromatic heterocycles. The first-order valence-electron chi connectivity index (χ1n) is 5.96. The summed E-state index contributed by atoms with van der Waals surface area (Å²) in [6, 6.07) is 0. The summed E-state index contributed by atoms with van der Waals surface area (Å²) in [6.45, 7) is -0.191. The minimum absolute atomic E-state index is 0.191. The lowest BCUT2D eigenvalue weighted by Gasteiger charge is -2.25. The number of aliphatic hydroxyl groups is 1. The van der Waals surface area contributed by atoms with Gasteiger partial charge in [0, 0.05) is 13.5 Å². The number of aromatic nitrogens is 4. The van der Waals surface area contributed by atoms with Crippen LogP contribution in [0.15, 0.2) is 12.7 Å². The molecule has 1 saturated heterocycles. The first-order valence-corrected chi connectivity index (χ1v) is 5.96. The Morgan fingerprint density at radius 1 is 1.58 bits per heavy atom. The third-order valence-corrected chi connectivity index (χ3v) is 3.43. The fourth-order valence-electron chi connectivity index (χ4n) is 2.32. The lowest BCUT2D eigenvalue weighted by molar-refractivity contribution is -0.241. The number of hydrogen-bond acceptors (Lipinski definition) is 7. The zero-order valence-electron chi connectivity index (χ0n) is 10.5. The van der Waals surface area contributed by atoms with Gasteiger partial charge >= 0.3 is 0 Å². The zero-order valence-corrected chi connectivity index (χ0v) is 10.5. The molecule has 1 aliphatic heterocycles. The molecule has 0 saturated carbocycles. The number of nitrogen functional groups attached to an aromatic ring is 1. The van der Waals surface area contributed by atoms with Crippen molar-refractivity contribution in [1.82, 2.24) is 19.5 Å². The van der Waals surface area contributed by atoms with E-state index in [4.69, 9.17) is 15.2 Å². The number of hydrogen-bond donors (Lipinski definition) is 2. The first-order chi connectivity index (χ1) is 9.19. The molecule has 8 heteroatoms. The Balaban J connectivity index is 1.96. The highest BCUT2D eigenvalue weighted by Crippen LogP contribution is 2.37. The van der Waals surface area contributed by atoms with Crippen molar-refractivity contribution in [3.05, 3.63) is 12.7 Å². The molecule has 1 fully saturated rings. The Bertz CT molecular complexity index is 595. The van der Waals surface area contributed by atoms with Crippen molar-refractivity contribution in [1.29, 1.82) is 0 Å². The van der Waals surface area contributed by atoms with Crippen LogP contribution in [0.3, 0.4) is 0 Å². The predicted octanol–water partition coefficient (Wildman–Crippen LogP) is 0.0525. The number of imidazole rings is 1. The second-order valence-electron chi connectivity index (χ2n) is 4.47. The highest BCUT2D eigenvalue weighted by atomic mass is 16.7. The number of anilines is 1. The van der Waals surface area contributed by atoms with Crippen LogP contribution in [0.5, 0.6) is 0 Å². The van der Waals surface area contributed by atoms with Gasteiger partial charge in [0.05, 0.1) is 12.9 Å². The van der Waals surface area contributed by atoms with Gasteiger partial charge in [0.25, 0.3) is 0 Å². The van der Waals surface area contributed by atoms with E-state index >= 15 is 0 Å². The molecular formula is C11H15N5O3. The van der Waals surface area contributed by atoms with Gasteiger partial charge in [-0.3, -0.25) is 4.57 Å². The number of rotatable bonds is 3. The molecule has 102 valence electrons. The molecule has 0 unspecified atom stereocenters. The first kappa shape index (κ1) is 12.3. The van der Waals surface area contributed by atoms with E-state index < -0.39 is 5.79 Å². The monoisotopic (exact) mass is 265 g/mol. The fraction of sp³-hybridized carbons (Fsp3) is 0.545. The van der Waals surface area contributed by atoms with E-state index in [1.54, 1.807) is 10.9 Å². The average Bonchev–Trinajstić information content (AvgIpc) is 3.03. The van der Waals surface area contributed by atoms with Crippen LogP contribution in [-0.2, 0) is 9.47 Å². The summed E-state index contributed by atoms with van der Waals surface area (Å²) in [4.78, 5) is 12.3. The number of nitrogens with zero attached hydrogens (tertiary/aromatic N) is 4. The van der Waals surface area contributed by atoms with Gasteiger partial charge in [-0.15, -0.1) is 0 Å². The average molecular weight is 265 g/mol. The summed E-state index contributed by atoms with van der Waals surface area (Å²) in [5, 5.41) is 9.37. The molecule has 2 atom stereocenters. The van der Waals surface area contributed by atoms with Crippen molar-refractivity contribution < 1.29 is 14.6 Å². The normalized spacial score (nSPS) is 27.2. The van der Waals surface area contributed by atoms with Crippen molar-refractivity contribution in [3.8, 4) is 0 Å². The standard InChI is InChI=1S/C11H15N5O3/c1-18-11(4-17)3-2-7(19-11)16-6-15-8-9(12)13-5-14-10(8)16/h5-7,17H,2-4H2,1H3,(H2,12,13,14)/t7-,11+/m0/s1. The fourth-order valence-corrected chi connectivity index (χ4v) is 2.32. The third kappa shape index (κ3) is 1.84. The van der Waals surface area contributed by atoms with Gasteiger partial charge in [-0.05, 0) is 6.42 Å². The van der Waals surface area contributed by atoms with Gasteiger partial charge < -0.3 is 20.3 Å². The molecule has 1 aliphatic rings. The van der Waals surface area contributed by atoms with Gasteiger partial charge in [0.2, 0.25) is 0 Å². The van der Waals surface area contributed by atoms with E-state index in [1.807, 2.05) is 0 Å². The van der Waals surface area contributed by atoms with E-state index in [2.05, 4.69) is 15.0 Å². The van der Waals surface area contributed by atoms with Gasteiger partial charge in [0.15, 0.2) is 17.3 Å². The Morgan fingerprint density at radius 2 is 2.42 bits per heavy atom. The van der Waals surface area contributed by atoms with Crippen LogP contribution >= 0.6 is 0 Å². The number of fused-ring (bicyclic) bond motifs is 1. The molecule has 0 bridgehead atoms. The minimum atomic E-state index is -0.945. The maximum Gasteiger partial charge on any atom is 0.193 e. The molecule has 2 aromatic rings. The second kappa shape index (κ2) is 4.41. The Kier molecular flexibility index (Phi) is 2.85. The van der Waals surface area contributed by atoms with E-state index in [0.29, 0.717) is 29.8 Å². The van der Waals surface area contributed by atoms with E-state index in [9.17, 15) is 5.11 Å². The quantitative estimate of drug-likeness (QED) is 0.807. The zero-order chi connectivity index (χ0) is 13.5. The smallest absolute Gasteiger partial charge is 0.193 e. The molecule has 0 aliphatic carbocycles. The molecule has 3 rings (SSSR count). The van der Waals surface area contributed by atoms with Crippen molar-refractivity contribution in [3.63, 3.8) is 0 Å². The predicted molar refractivity (Wildman–Crippen MR) is 65.9 cm³/mol. The minimum Gasteiger partial charge on any atom is -0.391 e. The lowest BCUT2D eigenvalue weighted by atomic mass is 10.2. The summed E-state index contributed by atoms with van der Waals surface area (Å²) in [5.41, 5.74) is 6.90. The summed E-state index contributed by atoms with van der Waals surface area (Å²) < 4.78 is 12.8. The molecule has 3 N–H and O–H groups in total. The van der Waals surface area contributed by atoms with Gasteiger partial charge in [-0.25, -0.2) is 15.0 Å². The van der Waals surface area contributed by atoms with E-state index in [-0.39, 0.29) is 12.8 Å². The van der Waals surface area contributed by atoms with Crippen molar-refractivity contribution in [2.75, 3.05) is 19.5 Å². The summed E-state index contributed by atoms with van der Waals surface area (Å²) >= 11 is 0. The summed E-state index contributed by atoms with van der Waals surface area (Å²) in [6.07, 6.45) is 4.02. The van der Waals surface area contributed by atoms with Gasteiger partial charge in [-0.1, -0.05) is 0 Å². The van der Waals surface area contributed by atoms with Crippen molar-refractivity contribution in [2.45, 2.75) is 24.9 Å². The number of ether oxygens (including phenoxy) is 2. The summed E-state index contributed by atoms with van der Waals surface area (Å²) in [7, 11) is 1.52. The van der Waals surface area contributed by atoms with Crippen LogP contribution in [0.25, 0.3) is 11.2 Å². The van der Waals surface area contributed by atoms with Crippen LogP contribution in [-0.4, -0.2) is 44.1 Å². The maximum absolute atomic E-state index is 9.37. The van der Waals surface area contributed by atoms with Gasteiger partial charge in [-0.2, -0.15) is 0 Å². The number of aliphatic hydroxyl groups excluding tert-OH is 1. The van der Waals surface area contributed by atoms with Crippen molar-refractivity contribution in [2.24, 2.45) is 0 Å². The van der Waals surface area contributed by atoms with Crippen LogP contribution in [0.1, 0.15) is 19.1 Å². The molecule has 8 nitrogen and oxygen atoms in total. The van der Waals surface area contributed by atoms with E-state index in [0.717, 1.165) is 0 Å². The molecule has 0 spiro atoms. The maximum atomic E-state index is 9.37. The molecule has 0 radical (unpaired) electrons. The highest BCUT2D eigenvalue weighted by Gasteiger charge is 2.41. The molecule has 0 aromatic carbocycles. The van der Waals surface area contributed by atoms with Crippen LogP contribution in [0, 0.1) is 0 Å². The molecular weight excluding hydrogens is 250 g/mol. The Labute approximate surface area is 109 Å². The topological polar surface area (TPSA) is 108 Å².